The first-order chi connectivity index (χ1) is 7.45. The van der Waals surface area contributed by atoms with E-state index in [0.29, 0.717) is 0 Å². The van der Waals surface area contributed by atoms with Crippen molar-refractivity contribution in [3.05, 3.63) is 28.6 Å². The molecule has 0 radical (unpaired) electrons. The van der Waals surface area contributed by atoms with E-state index in [9.17, 15) is 13.6 Å². The third-order valence-electron chi connectivity index (χ3n) is 1.92. The molecule has 84 valence electrons. The number of hydrogen-bond acceptors (Lipinski definition) is 3. The smallest absolute Gasteiger partial charge is 0.309 e. The minimum atomic E-state index is -2.82. The summed E-state index contributed by atoms with van der Waals surface area (Å²) in [7, 11) is 0. The third kappa shape index (κ3) is 2.51. The predicted octanol–water partition coefficient (Wildman–Crippen LogP) is 1.83. The van der Waals surface area contributed by atoms with Gasteiger partial charge >= 0.3 is 5.97 Å². The third-order valence-corrected chi connectivity index (χ3v) is 1.92. The Labute approximate surface area is 90.2 Å². The van der Waals surface area contributed by atoms with Crippen LogP contribution in [0.4, 0.5) is 8.78 Å². The van der Waals surface area contributed by atoms with Gasteiger partial charge in [-0.2, -0.15) is 5.26 Å². The largest absolute Gasteiger partial charge is 0.481 e. The predicted molar refractivity (Wildman–Crippen MR) is 50.0 cm³/mol. The number of alkyl halides is 2. The van der Waals surface area contributed by atoms with Crippen molar-refractivity contribution in [1.82, 2.24) is 4.98 Å². The average molecular weight is 226 g/mol. The van der Waals surface area contributed by atoms with E-state index in [1.165, 1.54) is 6.92 Å². The van der Waals surface area contributed by atoms with Gasteiger partial charge in [-0.15, -0.1) is 0 Å². The summed E-state index contributed by atoms with van der Waals surface area (Å²) >= 11 is 0. The van der Waals surface area contributed by atoms with Crippen molar-refractivity contribution in [3.8, 4) is 6.07 Å². The molecule has 0 atom stereocenters. The molecule has 1 aromatic rings. The number of nitrogens with zero attached hydrogens (tertiary/aromatic N) is 2. The van der Waals surface area contributed by atoms with Crippen LogP contribution in [0.3, 0.4) is 0 Å². The fourth-order valence-corrected chi connectivity index (χ4v) is 1.34. The molecule has 0 bridgehead atoms. The van der Waals surface area contributed by atoms with Crippen LogP contribution in [0, 0.1) is 18.3 Å². The summed E-state index contributed by atoms with van der Waals surface area (Å²) in [6.07, 6.45) is -3.35. The highest BCUT2D eigenvalue weighted by atomic mass is 19.3. The number of carboxylic acids is 1. The van der Waals surface area contributed by atoms with E-state index in [0.717, 1.165) is 6.07 Å². The molecule has 0 saturated heterocycles. The minimum absolute atomic E-state index is 0.120. The molecule has 0 unspecified atom stereocenters. The number of aromatic nitrogens is 1. The highest BCUT2D eigenvalue weighted by Crippen LogP contribution is 2.25. The molecule has 0 amide bonds. The van der Waals surface area contributed by atoms with Gasteiger partial charge in [0.25, 0.3) is 6.43 Å². The zero-order valence-corrected chi connectivity index (χ0v) is 8.37. The Balaban J connectivity index is 3.37. The summed E-state index contributed by atoms with van der Waals surface area (Å²) in [5.41, 5.74) is -0.662. The molecule has 1 aromatic heterocycles. The Kier molecular flexibility index (Phi) is 3.51. The van der Waals surface area contributed by atoms with Crippen LogP contribution >= 0.6 is 0 Å². The van der Waals surface area contributed by atoms with Crippen LogP contribution in [0.1, 0.15) is 28.9 Å². The highest BCUT2D eigenvalue weighted by Gasteiger charge is 2.19. The fraction of sp³-hybridized carbons (Fsp3) is 0.300. The van der Waals surface area contributed by atoms with Crippen molar-refractivity contribution in [2.75, 3.05) is 0 Å². The maximum atomic E-state index is 12.6. The summed E-state index contributed by atoms with van der Waals surface area (Å²) in [4.78, 5) is 14.3. The average Bonchev–Trinajstić information content (AvgIpc) is 2.15. The summed E-state index contributed by atoms with van der Waals surface area (Å²) in [6.45, 7) is 1.47. The lowest BCUT2D eigenvalue weighted by atomic mass is 10.0. The summed E-state index contributed by atoms with van der Waals surface area (Å²) in [6, 6.07) is 2.66. The number of halogens is 2. The van der Waals surface area contributed by atoms with Gasteiger partial charge in [0, 0.05) is 11.3 Å². The van der Waals surface area contributed by atoms with Crippen molar-refractivity contribution in [2.24, 2.45) is 0 Å². The van der Waals surface area contributed by atoms with Gasteiger partial charge in [-0.3, -0.25) is 9.78 Å². The molecule has 1 rings (SSSR count). The summed E-state index contributed by atoms with van der Waals surface area (Å²) in [5.74, 6) is -1.21. The molecule has 0 aliphatic carbocycles. The van der Waals surface area contributed by atoms with Crippen molar-refractivity contribution in [3.63, 3.8) is 0 Å². The van der Waals surface area contributed by atoms with Crippen LogP contribution in [-0.2, 0) is 11.2 Å². The Hall–Kier alpha value is -2.03. The van der Waals surface area contributed by atoms with Gasteiger partial charge in [-0.25, -0.2) is 8.78 Å². The molecule has 16 heavy (non-hydrogen) atoms. The van der Waals surface area contributed by atoms with Crippen molar-refractivity contribution < 1.29 is 18.7 Å². The molecule has 0 fully saturated rings. The molecule has 0 aromatic carbocycles. The van der Waals surface area contributed by atoms with E-state index in [-0.39, 0.29) is 17.0 Å². The first-order valence-electron chi connectivity index (χ1n) is 4.36. The first kappa shape index (κ1) is 12.0. The zero-order valence-electron chi connectivity index (χ0n) is 8.37. The zero-order chi connectivity index (χ0) is 12.3. The number of aliphatic carboxylic acids is 1. The molecule has 6 heteroatoms. The molecular weight excluding hydrogens is 218 g/mol. The van der Waals surface area contributed by atoms with E-state index in [1.807, 2.05) is 0 Å². The number of nitriles is 1. The van der Waals surface area contributed by atoms with Gasteiger partial charge in [0.1, 0.15) is 6.07 Å². The monoisotopic (exact) mass is 226 g/mol. The van der Waals surface area contributed by atoms with Gasteiger partial charge in [0.15, 0.2) is 0 Å². The van der Waals surface area contributed by atoms with Gasteiger partial charge in [0.2, 0.25) is 0 Å². The van der Waals surface area contributed by atoms with Gasteiger partial charge in [-0.05, 0) is 13.0 Å². The van der Waals surface area contributed by atoms with Crippen LogP contribution < -0.4 is 0 Å². The lowest BCUT2D eigenvalue weighted by Crippen LogP contribution is -2.08. The molecule has 1 heterocycles. The Morgan fingerprint density at radius 1 is 1.69 bits per heavy atom. The summed E-state index contributed by atoms with van der Waals surface area (Å²) in [5, 5.41) is 17.3. The molecule has 0 aliphatic heterocycles. The molecule has 1 N–H and O–H groups in total. The molecule has 0 aliphatic rings. The lowest BCUT2D eigenvalue weighted by molar-refractivity contribution is -0.136. The Morgan fingerprint density at radius 2 is 2.31 bits per heavy atom. The number of carbonyl (C=O) groups is 1. The SMILES string of the molecule is Cc1cc(C(F)F)c(C#N)c(CC(=O)O)n1. The topological polar surface area (TPSA) is 74.0 Å². The number of hydrogen-bond donors (Lipinski definition) is 1. The van der Waals surface area contributed by atoms with E-state index < -0.39 is 24.4 Å². The van der Waals surface area contributed by atoms with Crippen molar-refractivity contribution >= 4 is 5.97 Å². The maximum absolute atomic E-state index is 12.6. The van der Waals surface area contributed by atoms with E-state index in [1.54, 1.807) is 6.07 Å². The van der Waals surface area contributed by atoms with Crippen molar-refractivity contribution in [1.29, 1.82) is 5.26 Å². The lowest BCUT2D eigenvalue weighted by Gasteiger charge is -2.08. The van der Waals surface area contributed by atoms with Gasteiger partial charge < -0.3 is 5.11 Å². The van der Waals surface area contributed by atoms with E-state index in [4.69, 9.17) is 10.4 Å². The molecule has 0 spiro atoms. The second kappa shape index (κ2) is 4.66. The number of aryl methyl sites for hydroxylation is 1. The van der Waals surface area contributed by atoms with Crippen LogP contribution in [0.25, 0.3) is 0 Å². The van der Waals surface area contributed by atoms with Gasteiger partial charge in [-0.1, -0.05) is 0 Å². The second-order valence-electron chi connectivity index (χ2n) is 3.16. The van der Waals surface area contributed by atoms with Gasteiger partial charge in [0.05, 0.1) is 17.7 Å². The summed E-state index contributed by atoms with van der Waals surface area (Å²) < 4.78 is 25.2. The minimum Gasteiger partial charge on any atom is -0.481 e. The number of pyridine rings is 1. The van der Waals surface area contributed by atoms with Crippen LogP contribution in [0.2, 0.25) is 0 Å². The van der Waals surface area contributed by atoms with Crippen LogP contribution in [0.5, 0.6) is 0 Å². The highest BCUT2D eigenvalue weighted by molar-refractivity contribution is 5.71. The quantitative estimate of drug-likeness (QED) is 0.853. The Bertz CT molecular complexity index is 467. The molecule has 0 saturated carbocycles. The Morgan fingerprint density at radius 3 is 2.75 bits per heavy atom. The molecule has 4 nitrogen and oxygen atoms in total. The fourth-order valence-electron chi connectivity index (χ4n) is 1.34. The maximum Gasteiger partial charge on any atom is 0.309 e. The molecular formula is C10H8F2N2O2. The van der Waals surface area contributed by atoms with Crippen LogP contribution in [-0.4, -0.2) is 16.1 Å². The number of carboxylic acid groups (broad SMARTS) is 1. The normalized spacial score (nSPS) is 10.2. The number of rotatable bonds is 3. The van der Waals surface area contributed by atoms with E-state index >= 15 is 0 Å². The second-order valence-corrected chi connectivity index (χ2v) is 3.16. The van der Waals surface area contributed by atoms with E-state index in [2.05, 4.69) is 4.98 Å². The first-order valence-corrected chi connectivity index (χ1v) is 4.36. The standard InChI is InChI=1S/C10H8F2N2O2/c1-5-2-6(10(11)12)7(4-13)8(14-5)3-9(15)16/h2,10H,3H2,1H3,(H,15,16). The van der Waals surface area contributed by atoms with Crippen LogP contribution in [0.15, 0.2) is 6.07 Å². The van der Waals surface area contributed by atoms with Crippen molar-refractivity contribution in [2.45, 2.75) is 19.8 Å².